The van der Waals surface area contributed by atoms with E-state index in [4.69, 9.17) is 5.11 Å². The summed E-state index contributed by atoms with van der Waals surface area (Å²) in [5.41, 5.74) is 2.71. The molecule has 1 aromatic rings. The lowest BCUT2D eigenvalue weighted by molar-refractivity contribution is -0.137. The van der Waals surface area contributed by atoms with Crippen LogP contribution in [-0.4, -0.2) is 51.5 Å². The van der Waals surface area contributed by atoms with Crippen molar-refractivity contribution in [2.75, 3.05) is 13.6 Å². The summed E-state index contributed by atoms with van der Waals surface area (Å²) in [4.78, 5) is 31.7. The van der Waals surface area contributed by atoms with Crippen LogP contribution in [0.3, 0.4) is 0 Å². The first-order valence-corrected chi connectivity index (χ1v) is 7.49. The Morgan fingerprint density at radius 2 is 2.20 bits per heavy atom. The van der Waals surface area contributed by atoms with Gasteiger partial charge in [-0.05, 0) is 19.8 Å². The number of carbonyl (C=O) groups excluding carboxylic acids is 1. The van der Waals surface area contributed by atoms with Crippen molar-refractivity contribution in [2.24, 2.45) is 0 Å². The topological polar surface area (TPSA) is 73.7 Å². The zero-order chi connectivity index (χ0) is 14.7. The molecule has 7 heteroatoms. The summed E-state index contributed by atoms with van der Waals surface area (Å²) in [5.74, 6) is -0.871. The van der Waals surface area contributed by atoms with E-state index in [0.717, 1.165) is 23.4 Å². The van der Waals surface area contributed by atoms with Crippen molar-refractivity contribution in [3.63, 3.8) is 0 Å². The minimum atomic E-state index is -0.871. The molecule has 1 aliphatic rings. The highest BCUT2D eigenvalue weighted by Crippen LogP contribution is 2.28. The maximum Gasteiger partial charge on any atom is 0.320 e. The minimum Gasteiger partial charge on any atom is -0.481 e. The van der Waals surface area contributed by atoms with Crippen LogP contribution in [0, 0.1) is 6.92 Å². The molecule has 1 N–H and O–H groups in total. The largest absolute Gasteiger partial charge is 0.481 e. The molecule has 0 unspecified atom stereocenters. The van der Waals surface area contributed by atoms with Crippen molar-refractivity contribution in [3.05, 3.63) is 16.1 Å². The second-order valence-corrected chi connectivity index (χ2v) is 6.01. The first kappa shape index (κ1) is 14.8. The molecule has 1 fully saturated rings. The quantitative estimate of drug-likeness (QED) is 0.871. The van der Waals surface area contributed by atoms with E-state index in [-0.39, 0.29) is 25.0 Å². The molecule has 6 nitrogen and oxygen atoms in total. The zero-order valence-corrected chi connectivity index (χ0v) is 12.5. The monoisotopic (exact) mass is 297 g/mol. The van der Waals surface area contributed by atoms with Gasteiger partial charge in [0, 0.05) is 24.5 Å². The number of carbonyl (C=O) groups is 2. The molecule has 110 valence electrons. The normalized spacial score (nSPS) is 14.1. The second kappa shape index (κ2) is 6.21. The molecule has 0 atom stereocenters. The minimum absolute atomic E-state index is 0.00430. The molecule has 0 aromatic carbocycles. The summed E-state index contributed by atoms with van der Waals surface area (Å²) in [7, 11) is 1.75. The average molecular weight is 297 g/mol. The van der Waals surface area contributed by atoms with E-state index in [1.54, 1.807) is 22.4 Å². The lowest BCUT2D eigenvalue weighted by Crippen LogP contribution is -2.43. The lowest BCUT2D eigenvalue weighted by Gasteiger charge is -2.27. The van der Waals surface area contributed by atoms with E-state index in [0.29, 0.717) is 6.54 Å². The predicted molar refractivity (Wildman–Crippen MR) is 75.7 cm³/mol. The van der Waals surface area contributed by atoms with Crippen LogP contribution in [0.5, 0.6) is 0 Å². The Labute approximate surface area is 122 Å². The molecule has 0 spiro atoms. The smallest absolute Gasteiger partial charge is 0.320 e. The molecule has 0 saturated heterocycles. The zero-order valence-electron chi connectivity index (χ0n) is 11.7. The highest BCUT2D eigenvalue weighted by molar-refractivity contribution is 7.09. The number of hydrogen-bond acceptors (Lipinski definition) is 4. The first-order valence-electron chi connectivity index (χ1n) is 6.61. The summed E-state index contributed by atoms with van der Waals surface area (Å²) in [6.07, 6.45) is 1.94. The van der Waals surface area contributed by atoms with Crippen LogP contribution < -0.4 is 0 Å². The number of thiazole rings is 1. The van der Waals surface area contributed by atoms with Crippen molar-refractivity contribution in [2.45, 2.75) is 38.8 Å². The van der Waals surface area contributed by atoms with Gasteiger partial charge in [-0.25, -0.2) is 9.78 Å². The van der Waals surface area contributed by atoms with E-state index >= 15 is 0 Å². The van der Waals surface area contributed by atoms with E-state index in [2.05, 4.69) is 4.98 Å². The number of hydrogen-bond donors (Lipinski definition) is 1. The fraction of sp³-hybridized carbons (Fsp3) is 0.615. The molecule has 0 radical (unpaired) electrons. The Balaban J connectivity index is 1.96. The van der Waals surface area contributed by atoms with Gasteiger partial charge in [-0.2, -0.15) is 0 Å². The average Bonchev–Trinajstić information content (AvgIpc) is 3.14. The number of urea groups is 1. The summed E-state index contributed by atoms with van der Waals surface area (Å²) >= 11 is 1.53. The van der Waals surface area contributed by atoms with Gasteiger partial charge in [-0.1, -0.05) is 0 Å². The summed E-state index contributed by atoms with van der Waals surface area (Å²) < 4.78 is 0. The second-order valence-electron chi connectivity index (χ2n) is 5.07. The third-order valence-corrected chi connectivity index (χ3v) is 4.27. The molecule has 2 amide bonds. The Morgan fingerprint density at radius 3 is 2.70 bits per heavy atom. The van der Waals surface area contributed by atoms with Gasteiger partial charge >= 0.3 is 12.0 Å². The number of carboxylic acids is 1. The fourth-order valence-corrected chi connectivity index (χ4v) is 2.85. The van der Waals surface area contributed by atoms with E-state index in [9.17, 15) is 9.59 Å². The third kappa shape index (κ3) is 3.69. The van der Waals surface area contributed by atoms with Gasteiger partial charge in [0.25, 0.3) is 0 Å². The standard InChI is InChI=1S/C13H19N3O3S/c1-9-11(20-8-14-9)7-15(2)13(19)16(10-3-4-10)6-5-12(17)18/h8,10H,3-7H2,1-2H3,(H,17,18). The molecule has 1 aliphatic carbocycles. The molecule has 1 saturated carbocycles. The van der Waals surface area contributed by atoms with Crippen molar-refractivity contribution in [1.82, 2.24) is 14.8 Å². The van der Waals surface area contributed by atoms with Gasteiger partial charge < -0.3 is 14.9 Å². The van der Waals surface area contributed by atoms with Crippen molar-refractivity contribution in [1.29, 1.82) is 0 Å². The van der Waals surface area contributed by atoms with Crippen LogP contribution in [-0.2, 0) is 11.3 Å². The van der Waals surface area contributed by atoms with Gasteiger partial charge in [0.05, 0.1) is 24.2 Å². The Kier molecular flexibility index (Phi) is 4.59. The number of amides is 2. The molecule has 1 aromatic heterocycles. The molecule has 20 heavy (non-hydrogen) atoms. The number of rotatable bonds is 6. The number of aliphatic carboxylic acids is 1. The summed E-state index contributed by atoms with van der Waals surface area (Å²) in [6.45, 7) is 2.73. The van der Waals surface area contributed by atoms with E-state index in [1.807, 2.05) is 6.92 Å². The van der Waals surface area contributed by atoms with Crippen LogP contribution in [0.1, 0.15) is 29.8 Å². The first-order chi connectivity index (χ1) is 9.49. The molecule has 2 rings (SSSR count). The van der Waals surface area contributed by atoms with Crippen molar-refractivity contribution in [3.8, 4) is 0 Å². The highest BCUT2D eigenvalue weighted by atomic mass is 32.1. The van der Waals surface area contributed by atoms with Crippen LogP contribution in [0.2, 0.25) is 0 Å². The number of aryl methyl sites for hydroxylation is 1. The lowest BCUT2D eigenvalue weighted by atomic mass is 10.3. The number of aromatic nitrogens is 1. The molecule has 1 heterocycles. The van der Waals surface area contributed by atoms with Crippen molar-refractivity contribution < 1.29 is 14.7 Å². The predicted octanol–water partition coefficient (Wildman–Crippen LogP) is 1.94. The van der Waals surface area contributed by atoms with Gasteiger partial charge in [-0.15, -0.1) is 11.3 Å². The third-order valence-electron chi connectivity index (χ3n) is 3.35. The fourth-order valence-electron chi connectivity index (χ4n) is 2.02. The number of carboxylic acid groups (broad SMARTS) is 1. The number of nitrogens with zero attached hydrogens (tertiary/aromatic N) is 3. The van der Waals surface area contributed by atoms with Gasteiger partial charge in [0.15, 0.2) is 0 Å². The maximum absolute atomic E-state index is 12.4. The van der Waals surface area contributed by atoms with Gasteiger partial charge in [0.1, 0.15) is 0 Å². The molecule has 0 bridgehead atoms. The van der Waals surface area contributed by atoms with Gasteiger partial charge in [0.2, 0.25) is 0 Å². The Morgan fingerprint density at radius 1 is 1.50 bits per heavy atom. The van der Waals surface area contributed by atoms with E-state index < -0.39 is 5.97 Å². The Hall–Kier alpha value is -1.63. The van der Waals surface area contributed by atoms with Gasteiger partial charge in [-0.3, -0.25) is 4.79 Å². The van der Waals surface area contributed by atoms with Crippen LogP contribution >= 0.6 is 11.3 Å². The van der Waals surface area contributed by atoms with Crippen LogP contribution in [0.25, 0.3) is 0 Å². The summed E-state index contributed by atoms with van der Waals surface area (Å²) in [6, 6.07) is 0.119. The van der Waals surface area contributed by atoms with Crippen molar-refractivity contribution >= 4 is 23.3 Å². The highest BCUT2D eigenvalue weighted by Gasteiger charge is 2.34. The van der Waals surface area contributed by atoms with Crippen LogP contribution in [0.15, 0.2) is 5.51 Å². The molecular weight excluding hydrogens is 278 g/mol. The van der Waals surface area contributed by atoms with Crippen LogP contribution in [0.4, 0.5) is 4.79 Å². The molecule has 0 aliphatic heterocycles. The maximum atomic E-state index is 12.4. The molecular formula is C13H19N3O3S. The van der Waals surface area contributed by atoms with E-state index in [1.165, 1.54) is 11.3 Å². The summed E-state index contributed by atoms with van der Waals surface area (Å²) in [5, 5.41) is 8.77. The Bertz CT molecular complexity index is 499. The SMILES string of the molecule is Cc1ncsc1CN(C)C(=O)N(CCC(=O)O)C1CC1.